The van der Waals surface area contributed by atoms with E-state index in [9.17, 15) is 4.79 Å². The number of rotatable bonds is 15. The number of esters is 1. The van der Waals surface area contributed by atoms with Gasteiger partial charge in [0.05, 0.1) is 5.56 Å². The first-order valence-corrected chi connectivity index (χ1v) is 23.1. The van der Waals surface area contributed by atoms with Crippen LogP contribution in [0.1, 0.15) is 105 Å². The molecule has 1 fully saturated rings. The lowest BCUT2D eigenvalue weighted by molar-refractivity contribution is 0.0734. The molecule has 3 rings (SSSR count). The van der Waals surface area contributed by atoms with Gasteiger partial charge in [-0.2, -0.15) is 0 Å². The first-order chi connectivity index (χ1) is 18.5. The van der Waals surface area contributed by atoms with Gasteiger partial charge in [0.1, 0.15) is 5.75 Å². The Morgan fingerprint density at radius 2 is 1.44 bits per heavy atom. The minimum absolute atomic E-state index is 0.268. The maximum Gasteiger partial charge on any atom is 0.343 e. The van der Waals surface area contributed by atoms with Crippen LogP contribution in [0.15, 0.2) is 48.5 Å². The summed E-state index contributed by atoms with van der Waals surface area (Å²) in [4.78, 5) is 12.7. The average molecular weight is 565 g/mol. The molecule has 1 saturated carbocycles. The van der Waals surface area contributed by atoms with Crippen molar-refractivity contribution < 1.29 is 9.53 Å². The van der Waals surface area contributed by atoms with Crippen molar-refractivity contribution in [1.82, 2.24) is 0 Å². The van der Waals surface area contributed by atoms with Gasteiger partial charge in [-0.15, -0.1) is 0 Å². The summed E-state index contributed by atoms with van der Waals surface area (Å²) in [7, 11) is -1.94. The molecule has 1 aliphatic carbocycles. The van der Waals surface area contributed by atoms with Crippen LogP contribution in [0.2, 0.25) is 44.4 Å². The number of ether oxygens (including phenoxy) is 1. The maximum absolute atomic E-state index is 12.7. The van der Waals surface area contributed by atoms with Crippen molar-refractivity contribution in [1.29, 1.82) is 0 Å². The standard InChI is InChI=1S/C35H56O2Si2/c1-7-8-13-29-15-19-31(20-16-29)32-23-25-34(26-24-32)37-35(36)33-21-17-30(18-22-33)14-11-9-10-12-27-39(5,6)28-38(2,3)4/h17-18,21-26,29,31H,7-16,19-20,27-28H2,1-6H3. The van der Waals surface area contributed by atoms with E-state index >= 15 is 0 Å². The fraction of sp³-hybridized carbons (Fsp3) is 0.629. The van der Waals surface area contributed by atoms with E-state index in [1.807, 2.05) is 24.3 Å². The third-order valence-corrected chi connectivity index (χ3v) is 18.4. The first-order valence-electron chi connectivity index (χ1n) is 16.0. The fourth-order valence-electron chi connectivity index (χ4n) is 6.87. The molecule has 0 amide bonds. The van der Waals surface area contributed by atoms with E-state index in [2.05, 4.69) is 63.9 Å². The molecule has 0 aromatic heterocycles. The van der Waals surface area contributed by atoms with Gasteiger partial charge in [-0.25, -0.2) is 4.79 Å². The van der Waals surface area contributed by atoms with Crippen molar-refractivity contribution in [3.63, 3.8) is 0 Å². The highest BCUT2D eigenvalue weighted by Crippen LogP contribution is 2.38. The highest BCUT2D eigenvalue weighted by atomic mass is 28.4. The molecular weight excluding hydrogens is 509 g/mol. The van der Waals surface area contributed by atoms with Gasteiger partial charge in [0.2, 0.25) is 0 Å². The van der Waals surface area contributed by atoms with Crippen LogP contribution in [0.3, 0.4) is 0 Å². The summed E-state index contributed by atoms with van der Waals surface area (Å²) in [6.07, 6.45) is 15.7. The molecule has 0 radical (unpaired) electrons. The normalized spacial score (nSPS) is 18.2. The number of carbonyl (C=O) groups excluding carboxylic acids is 1. The van der Waals surface area contributed by atoms with E-state index in [1.54, 1.807) is 5.67 Å². The SMILES string of the molecule is CCCCC1CCC(c2ccc(OC(=O)c3ccc(CCCCCC[Si](C)(C)C[Si](C)(C)C)cc3)cc2)CC1. The second-order valence-corrected chi connectivity index (χ2v) is 25.7. The molecule has 0 atom stereocenters. The second-order valence-electron chi connectivity index (χ2n) is 14.3. The van der Waals surface area contributed by atoms with E-state index in [-0.39, 0.29) is 5.97 Å². The van der Waals surface area contributed by atoms with Crippen LogP contribution in [-0.2, 0) is 6.42 Å². The zero-order chi connectivity index (χ0) is 28.3. The molecule has 39 heavy (non-hydrogen) atoms. The van der Waals surface area contributed by atoms with Gasteiger partial charge in [-0.1, -0.05) is 114 Å². The van der Waals surface area contributed by atoms with E-state index in [0.29, 0.717) is 17.2 Å². The van der Waals surface area contributed by atoms with E-state index in [4.69, 9.17) is 4.74 Å². The van der Waals surface area contributed by atoms with Crippen molar-refractivity contribution >= 4 is 22.1 Å². The minimum atomic E-state index is -1.01. The minimum Gasteiger partial charge on any atom is -0.423 e. The van der Waals surface area contributed by atoms with Crippen molar-refractivity contribution in [2.45, 2.75) is 134 Å². The van der Waals surface area contributed by atoms with Crippen LogP contribution in [-0.4, -0.2) is 22.1 Å². The summed E-state index contributed by atoms with van der Waals surface area (Å²) in [5.74, 6) is 1.96. The largest absolute Gasteiger partial charge is 0.423 e. The summed E-state index contributed by atoms with van der Waals surface area (Å²) >= 11 is 0. The Morgan fingerprint density at radius 1 is 0.795 bits per heavy atom. The summed E-state index contributed by atoms with van der Waals surface area (Å²) in [6, 6.07) is 17.8. The second kappa shape index (κ2) is 15.4. The Bertz CT molecular complexity index is 981. The number of hydrogen-bond acceptors (Lipinski definition) is 2. The molecule has 0 unspecified atom stereocenters. The van der Waals surface area contributed by atoms with Gasteiger partial charge in [0.25, 0.3) is 0 Å². The van der Waals surface area contributed by atoms with Gasteiger partial charge in [0, 0.05) is 16.1 Å². The van der Waals surface area contributed by atoms with Crippen LogP contribution >= 0.6 is 0 Å². The Kier molecular flexibility index (Phi) is 12.6. The zero-order valence-electron chi connectivity index (χ0n) is 26.0. The van der Waals surface area contributed by atoms with Gasteiger partial charge in [-0.3, -0.25) is 0 Å². The molecule has 2 nitrogen and oxygen atoms in total. The molecule has 0 aliphatic heterocycles. The lowest BCUT2D eigenvalue weighted by Gasteiger charge is -2.29. The van der Waals surface area contributed by atoms with Crippen LogP contribution in [0.5, 0.6) is 5.75 Å². The van der Waals surface area contributed by atoms with Gasteiger partial charge in [-0.05, 0) is 85.8 Å². The van der Waals surface area contributed by atoms with Crippen molar-refractivity contribution in [3.05, 3.63) is 65.2 Å². The van der Waals surface area contributed by atoms with Crippen LogP contribution < -0.4 is 4.74 Å². The lowest BCUT2D eigenvalue weighted by Crippen LogP contribution is -2.37. The smallest absolute Gasteiger partial charge is 0.343 e. The molecule has 2 aromatic rings. The van der Waals surface area contributed by atoms with Crippen LogP contribution in [0.25, 0.3) is 0 Å². The lowest BCUT2D eigenvalue weighted by atomic mass is 9.77. The third kappa shape index (κ3) is 11.8. The zero-order valence-corrected chi connectivity index (χ0v) is 28.0. The molecule has 1 aliphatic rings. The molecule has 0 N–H and O–H groups in total. The van der Waals surface area contributed by atoms with Crippen molar-refractivity contribution in [3.8, 4) is 5.75 Å². The Labute approximate surface area is 242 Å². The molecule has 0 bridgehead atoms. The van der Waals surface area contributed by atoms with Gasteiger partial charge < -0.3 is 4.74 Å². The topological polar surface area (TPSA) is 26.3 Å². The van der Waals surface area contributed by atoms with Crippen LogP contribution in [0.4, 0.5) is 0 Å². The summed E-state index contributed by atoms with van der Waals surface area (Å²) in [6.45, 7) is 15.0. The predicted molar refractivity (Wildman–Crippen MR) is 175 cm³/mol. The maximum atomic E-state index is 12.7. The van der Waals surface area contributed by atoms with Crippen molar-refractivity contribution in [2.75, 3.05) is 0 Å². The highest BCUT2D eigenvalue weighted by Gasteiger charge is 2.27. The average Bonchev–Trinajstić information content (AvgIpc) is 2.89. The van der Waals surface area contributed by atoms with E-state index < -0.39 is 16.1 Å². The molecule has 216 valence electrons. The van der Waals surface area contributed by atoms with Crippen molar-refractivity contribution in [2.24, 2.45) is 5.92 Å². The van der Waals surface area contributed by atoms with Crippen LogP contribution in [0, 0.1) is 5.92 Å². The molecular formula is C35H56O2Si2. The first kappa shape index (κ1) is 31.9. The molecule has 0 spiro atoms. The number of hydrogen-bond donors (Lipinski definition) is 0. The van der Waals surface area contributed by atoms with E-state index in [0.717, 1.165) is 12.3 Å². The molecule has 4 heteroatoms. The molecule has 0 saturated heterocycles. The fourth-order valence-corrected chi connectivity index (χ4v) is 20.3. The van der Waals surface area contributed by atoms with Gasteiger partial charge in [0.15, 0.2) is 0 Å². The molecule has 2 aromatic carbocycles. The third-order valence-electron chi connectivity index (χ3n) is 8.64. The summed E-state index contributed by atoms with van der Waals surface area (Å²) in [5.41, 5.74) is 4.89. The van der Waals surface area contributed by atoms with E-state index in [1.165, 1.54) is 87.8 Å². The quantitative estimate of drug-likeness (QED) is 0.0930. The number of benzene rings is 2. The highest BCUT2D eigenvalue weighted by molar-refractivity contribution is 6.94. The predicted octanol–water partition coefficient (Wildman–Crippen LogP) is 11.1. The number of unbranched alkanes of at least 4 members (excludes halogenated alkanes) is 4. The Balaban J connectivity index is 1.36. The summed E-state index contributed by atoms with van der Waals surface area (Å²) in [5, 5.41) is 0. The molecule has 0 heterocycles. The van der Waals surface area contributed by atoms with Gasteiger partial charge >= 0.3 is 5.97 Å². The monoisotopic (exact) mass is 564 g/mol. The Hall–Kier alpha value is -1.66. The number of carbonyl (C=O) groups is 1. The Morgan fingerprint density at radius 3 is 2.05 bits per heavy atom. The number of aryl methyl sites for hydroxylation is 1. The summed E-state index contributed by atoms with van der Waals surface area (Å²) < 4.78 is 5.69.